The predicted octanol–water partition coefficient (Wildman–Crippen LogP) is 2.52. The topological polar surface area (TPSA) is 78.9 Å². The van der Waals surface area contributed by atoms with Crippen LogP contribution in [0.4, 0.5) is 0 Å². The average molecular weight is 357 g/mol. The van der Waals surface area contributed by atoms with Crippen LogP contribution in [0.15, 0.2) is 12.3 Å². The van der Waals surface area contributed by atoms with E-state index < -0.39 is 5.41 Å². The molecule has 0 unspecified atom stereocenters. The van der Waals surface area contributed by atoms with Crippen LogP contribution in [-0.4, -0.2) is 18.2 Å². The molecule has 0 spiro atoms. The first-order chi connectivity index (χ1) is 8.48. The molecule has 0 aliphatic rings. The zero-order valence-corrected chi connectivity index (χ0v) is 12.3. The molecule has 0 bridgehead atoms. The summed E-state index contributed by atoms with van der Waals surface area (Å²) in [6.45, 7) is 3.86. The van der Waals surface area contributed by atoms with Crippen molar-refractivity contribution >= 4 is 22.6 Å². The summed E-state index contributed by atoms with van der Waals surface area (Å²) in [4.78, 5) is 4.02. The van der Waals surface area contributed by atoms with Crippen molar-refractivity contribution in [3.63, 3.8) is 0 Å². The van der Waals surface area contributed by atoms with E-state index in [0.29, 0.717) is 18.2 Å². The van der Waals surface area contributed by atoms with E-state index in [4.69, 9.17) is 20.0 Å². The van der Waals surface area contributed by atoms with Gasteiger partial charge in [-0.2, -0.15) is 10.5 Å². The molecule has 94 valence electrons. The maximum atomic E-state index is 8.88. The van der Waals surface area contributed by atoms with Gasteiger partial charge in [0.2, 0.25) is 5.88 Å². The zero-order valence-electron chi connectivity index (χ0n) is 10.1. The minimum Gasteiger partial charge on any atom is -0.489 e. The van der Waals surface area contributed by atoms with E-state index >= 15 is 0 Å². The van der Waals surface area contributed by atoms with Gasteiger partial charge in [0, 0.05) is 6.07 Å². The van der Waals surface area contributed by atoms with Crippen molar-refractivity contribution in [2.45, 2.75) is 13.8 Å². The quantitative estimate of drug-likeness (QED) is 0.757. The highest BCUT2D eigenvalue weighted by Gasteiger charge is 2.18. The van der Waals surface area contributed by atoms with Crippen molar-refractivity contribution < 1.29 is 9.47 Å². The number of aromatic nitrogens is 1. The first-order valence-electron chi connectivity index (χ1n) is 5.18. The minimum atomic E-state index is -0.543. The lowest BCUT2D eigenvalue weighted by Gasteiger charge is -2.16. The summed E-state index contributed by atoms with van der Waals surface area (Å²) in [5.41, 5.74) is -0.543. The van der Waals surface area contributed by atoms with Gasteiger partial charge in [-0.25, -0.2) is 4.98 Å². The summed E-state index contributed by atoms with van der Waals surface area (Å²) < 4.78 is 11.4. The highest BCUT2D eigenvalue weighted by Crippen LogP contribution is 2.25. The Morgan fingerprint density at radius 1 is 1.39 bits per heavy atom. The molecule has 6 heteroatoms. The van der Waals surface area contributed by atoms with Gasteiger partial charge in [-0.1, -0.05) is 0 Å². The van der Waals surface area contributed by atoms with Gasteiger partial charge in [0.1, 0.15) is 12.7 Å². The van der Waals surface area contributed by atoms with Crippen LogP contribution in [0.1, 0.15) is 13.8 Å². The van der Waals surface area contributed by atoms with E-state index in [1.165, 1.54) is 6.20 Å². The Balaban J connectivity index is 2.69. The molecule has 0 aromatic carbocycles. The molecule has 1 aromatic heterocycles. The lowest BCUT2D eigenvalue weighted by molar-refractivity contribution is 0.224. The molecule has 1 aromatic rings. The van der Waals surface area contributed by atoms with Gasteiger partial charge < -0.3 is 9.47 Å². The molecule has 0 aliphatic heterocycles. The van der Waals surface area contributed by atoms with Crippen molar-refractivity contribution in [2.24, 2.45) is 5.41 Å². The molecule has 0 radical (unpaired) electrons. The maximum absolute atomic E-state index is 8.88. The molecule has 1 heterocycles. The van der Waals surface area contributed by atoms with Gasteiger partial charge >= 0.3 is 0 Å². The van der Waals surface area contributed by atoms with Crippen LogP contribution in [0.2, 0.25) is 0 Å². The fourth-order valence-electron chi connectivity index (χ4n) is 0.983. The smallest absolute Gasteiger partial charge is 0.215 e. The third-order valence-electron chi connectivity index (χ3n) is 1.97. The van der Waals surface area contributed by atoms with Gasteiger partial charge in [-0.3, -0.25) is 0 Å². The number of nitriles is 2. The molecular formula is C12H12IN3O2. The fraction of sp³-hybridized carbons (Fsp3) is 0.417. The largest absolute Gasteiger partial charge is 0.489 e. The molecule has 18 heavy (non-hydrogen) atoms. The van der Waals surface area contributed by atoms with Crippen molar-refractivity contribution in [1.29, 1.82) is 10.5 Å². The lowest BCUT2D eigenvalue weighted by Crippen LogP contribution is -2.19. The Morgan fingerprint density at radius 3 is 2.67 bits per heavy atom. The SMILES string of the molecule is CC(C)(C#N)COc1cnc(OCC#N)cc1I. The first kappa shape index (κ1) is 14.5. The van der Waals surface area contributed by atoms with Crippen molar-refractivity contribution in [2.75, 3.05) is 13.2 Å². The highest BCUT2D eigenvalue weighted by atomic mass is 127. The number of nitrogens with zero attached hydrogens (tertiary/aromatic N) is 3. The molecule has 0 N–H and O–H groups in total. The fourth-order valence-corrected chi connectivity index (χ4v) is 1.54. The number of halogens is 1. The normalized spacial score (nSPS) is 10.3. The zero-order chi connectivity index (χ0) is 13.6. The van der Waals surface area contributed by atoms with Crippen LogP contribution < -0.4 is 9.47 Å². The van der Waals surface area contributed by atoms with Crippen LogP contribution in [0.3, 0.4) is 0 Å². The average Bonchev–Trinajstić information content (AvgIpc) is 2.35. The number of rotatable bonds is 5. The number of pyridine rings is 1. The Hall–Kier alpha value is -1.54. The molecule has 0 atom stereocenters. The van der Waals surface area contributed by atoms with E-state index in [0.717, 1.165) is 3.57 Å². The van der Waals surface area contributed by atoms with Crippen LogP contribution in [0, 0.1) is 31.6 Å². The molecule has 0 saturated carbocycles. The summed E-state index contributed by atoms with van der Waals surface area (Å²) in [5.74, 6) is 0.982. The summed E-state index contributed by atoms with van der Waals surface area (Å²) in [6, 6.07) is 5.72. The van der Waals surface area contributed by atoms with E-state index in [1.807, 2.05) is 6.07 Å². The molecule has 0 saturated heterocycles. The van der Waals surface area contributed by atoms with Crippen molar-refractivity contribution in [3.05, 3.63) is 15.8 Å². The molecule has 5 nitrogen and oxygen atoms in total. The predicted molar refractivity (Wildman–Crippen MR) is 73.0 cm³/mol. The molecule has 0 amide bonds. The van der Waals surface area contributed by atoms with Crippen LogP contribution in [0.25, 0.3) is 0 Å². The molecule has 1 rings (SSSR count). The first-order valence-corrected chi connectivity index (χ1v) is 6.26. The van der Waals surface area contributed by atoms with Gasteiger partial charge in [0.15, 0.2) is 12.4 Å². The lowest BCUT2D eigenvalue weighted by atomic mass is 9.98. The summed E-state index contributed by atoms with van der Waals surface area (Å²) in [5, 5.41) is 17.3. The number of ether oxygens (including phenoxy) is 2. The molecule has 0 aliphatic carbocycles. The monoisotopic (exact) mass is 357 g/mol. The summed E-state index contributed by atoms with van der Waals surface area (Å²) in [6.07, 6.45) is 1.53. The second-order valence-electron chi connectivity index (χ2n) is 4.18. The van der Waals surface area contributed by atoms with Crippen molar-refractivity contribution in [3.8, 4) is 23.8 Å². The van der Waals surface area contributed by atoms with Crippen LogP contribution in [0.5, 0.6) is 11.6 Å². The molecular weight excluding hydrogens is 345 g/mol. The Morgan fingerprint density at radius 2 is 2.11 bits per heavy atom. The van der Waals surface area contributed by atoms with Gasteiger partial charge in [0.05, 0.1) is 21.3 Å². The minimum absolute atomic E-state index is 0.0370. The number of hydrogen-bond donors (Lipinski definition) is 0. The Kier molecular flexibility index (Phi) is 5.17. The second kappa shape index (κ2) is 6.41. The maximum Gasteiger partial charge on any atom is 0.215 e. The third kappa shape index (κ3) is 4.38. The van der Waals surface area contributed by atoms with Crippen LogP contribution in [-0.2, 0) is 0 Å². The third-order valence-corrected chi connectivity index (χ3v) is 2.81. The van der Waals surface area contributed by atoms with Gasteiger partial charge in [0.25, 0.3) is 0 Å². The van der Waals surface area contributed by atoms with Crippen molar-refractivity contribution in [1.82, 2.24) is 4.98 Å². The van der Waals surface area contributed by atoms with E-state index in [-0.39, 0.29) is 6.61 Å². The van der Waals surface area contributed by atoms with E-state index in [2.05, 4.69) is 33.6 Å². The highest BCUT2D eigenvalue weighted by molar-refractivity contribution is 14.1. The van der Waals surface area contributed by atoms with E-state index in [9.17, 15) is 0 Å². The van der Waals surface area contributed by atoms with Gasteiger partial charge in [-0.15, -0.1) is 0 Å². The summed E-state index contributed by atoms with van der Waals surface area (Å²) >= 11 is 2.09. The summed E-state index contributed by atoms with van der Waals surface area (Å²) in [7, 11) is 0. The second-order valence-corrected chi connectivity index (χ2v) is 5.35. The van der Waals surface area contributed by atoms with Crippen LogP contribution >= 0.6 is 22.6 Å². The molecule has 0 fully saturated rings. The number of hydrogen-bond acceptors (Lipinski definition) is 5. The van der Waals surface area contributed by atoms with Gasteiger partial charge in [-0.05, 0) is 36.4 Å². The Bertz CT molecular complexity index is 503. The Labute approximate surface area is 119 Å². The van der Waals surface area contributed by atoms with E-state index in [1.54, 1.807) is 19.9 Å². The standard InChI is InChI=1S/C12H12IN3O2/c1-12(2,7-15)8-18-10-6-16-11(5-9(10)13)17-4-3-14/h5-6H,4,8H2,1-2H3.